The van der Waals surface area contributed by atoms with E-state index in [0.29, 0.717) is 5.56 Å². The van der Waals surface area contributed by atoms with Crippen LogP contribution in [0.3, 0.4) is 0 Å². The summed E-state index contributed by atoms with van der Waals surface area (Å²) in [6, 6.07) is 17.0. The average Bonchev–Trinajstić information content (AvgIpc) is 2.43. The maximum atomic E-state index is 11.1. The van der Waals surface area contributed by atoms with Gasteiger partial charge in [-0.25, -0.2) is 4.79 Å². The summed E-state index contributed by atoms with van der Waals surface area (Å²) in [6.07, 6.45) is -1.52. The second kappa shape index (κ2) is 4.37. The Balaban J connectivity index is 2.49. The Hall–Kier alpha value is -2.39. The predicted octanol–water partition coefficient (Wildman–Crippen LogP) is 3.11. The fraction of sp³-hybridized carbons (Fsp3) is 0.0625. The lowest BCUT2D eigenvalue weighted by molar-refractivity contribution is -0.146. The van der Waals surface area contributed by atoms with Crippen LogP contribution >= 0.6 is 0 Å². The Morgan fingerprint density at radius 1 is 0.895 bits per heavy atom. The summed E-state index contributed by atoms with van der Waals surface area (Å²) >= 11 is 0. The van der Waals surface area contributed by atoms with Crippen molar-refractivity contribution < 1.29 is 15.0 Å². The lowest BCUT2D eigenvalue weighted by Gasteiger charge is -2.14. The van der Waals surface area contributed by atoms with Crippen molar-refractivity contribution >= 4 is 27.5 Å². The molecule has 3 heteroatoms. The quantitative estimate of drug-likeness (QED) is 0.689. The number of benzene rings is 3. The summed E-state index contributed by atoms with van der Waals surface area (Å²) in [5.74, 6) is -1.23. The lowest BCUT2D eigenvalue weighted by Crippen LogP contribution is -2.11. The van der Waals surface area contributed by atoms with Crippen LogP contribution < -0.4 is 0 Å². The van der Waals surface area contributed by atoms with E-state index in [1.54, 1.807) is 0 Å². The van der Waals surface area contributed by atoms with Gasteiger partial charge < -0.3 is 10.2 Å². The van der Waals surface area contributed by atoms with Crippen LogP contribution in [0, 0.1) is 0 Å². The Kier molecular flexibility index (Phi) is 2.69. The molecule has 1 atom stereocenters. The Bertz CT molecular complexity index is 723. The van der Waals surface area contributed by atoms with E-state index in [1.807, 2.05) is 54.6 Å². The number of hydrogen-bond acceptors (Lipinski definition) is 2. The molecule has 3 aromatic rings. The standard InChI is InChI=1S/C16H12O3/c17-15(16(18)19)14-12-7-3-1-5-10(12)9-11-6-2-4-8-13(11)14/h1-9,15,17H,(H,18,19). The Labute approximate surface area is 109 Å². The van der Waals surface area contributed by atoms with E-state index in [0.717, 1.165) is 21.5 Å². The molecule has 0 aliphatic rings. The fourth-order valence-corrected chi connectivity index (χ4v) is 2.47. The molecule has 0 radical (unpaired) electrons. The molecule has 3 aromatic carbocycles. The molecule has 0 fully saturated rings. The third-order valence-electron chi connectivity index (χ3n) is 3.32. The highest BCUT2D eigenvalue weighted by Gasteiger charge is 2.21. The molecule has 0 aliphatic carbocycles. The van der Waals surface area contributed by atoms with Crippen molar-refractivity contribution in [3.63, 3.8) is 0 Å². The lowest BCUT2D eigenvalue weighted by atomic mass is 9.93. The zero-order valence-corrected chi connectivity index (χ0v) is 10.1. The minimum Gasteiger partial charge on any atom is -0.479 e. The van der Waals surface area contributed by atoms with Crippen LogP contribution in [0.2, 0.25) is 0 Å². The average molecular weight is 252 g/mol. The van der Waals surface area contributed by atoms with Gasteiger partial charge in [0, 0.05) is 5.56 Å². The first-order valence-corrected chi connectivity index (χ1v) is 6.00. The molecule has 19 heavy (non-hydrogen) atoms. The molecule has 0 saturated heterocycles. The second-order valence-electron chi connectivity index (χ2n) is 4.47. The summed E-state index contributed by atoms with van der Waals surface area (Å²) in [6.45, 7) is 0. The number of aliphatic hydroxyl groups excluding tert-OH is 1. The van der Waals surface area contributed by atoms with Crippen molar-refractivity contribution in [3.05, 3.63) is 60.2 Å². The first kappa shape index (κ1) is 11.7. The van der Waals surface area contributed by atoms with Crippen LogP contribution in [-0.4, -0.2) is 16.2 Å². The highest BCUT2D eigenvalue weighted by molar-refractivity contribution is 6.04. The van der Waals surface area contributed by atoms with Crippen molar-refractivity contribution in [2.45, 2.75) is 6.10 Å². The van der Waals surface area contributed by atoms with Crippen LogP contribution in [0.5, 0.6) is 0 Å². The van der Waals surface area contributed by atoms with Gasteiger partial charge >= 0.3 is 5.97 Å². The number of aliphatic carboxylic acids is 1. The molecule has 2 N–H and O–H groups in total. The number of hydrogen-bond donors (Lipinski definition) is 2. The number of carbonyl (C=O) groups is 1. The van der Waals surface area contributed by atoms with E-state index in [-0.39, 0.29) is 0 Å². The van der Waals surface area contributed by atoms with Gasteiger partial charge in [0.1, 0.15) is 0 Å². The Morgan fingerprint density at radius 2 is 1.37 bits per heavy atom. The van der Waals surface area contributed by atoms with Gasteiger partial charge in [0.05, 0.1) is 0 Å². The second-order valence-corrected chi connectivity index (χ2v) is 4.47. The van der Waals surface area contributed by atoms with Crippen LogP contribution in [0.1, 0.15) is 11.7 Å². The van der Waals surface area contributed by atoms with Gasteiger partial charge in [0.15, 0.2) is 6.10 Å². The van der Waals surface area contributed by atoms with Crippen molar-refractivity contribution in [2.75, 3.05) is 0 Å². The minimum absolute atomic E-state index is 0.459. The van der Waals surface area contributed by atoms with Gasteiger partial charge in [-0.2, -0.15) is 0 Å². The summed E-state index contributed by atoms with van der Waals surface area (Å²) in [7, 11) is 0. The van der Waals surface area contributed by atoms with Crippen LogP contribution in [-0.2, 0) is 4.79 Å². The Morgan fingerprint density at radius 3 is 1.84 bits per heavy atom. The topological polar surface area (TPSA) is 57.5 Å². The minimum atomic E-state index is -1.52. The summed E-state index contributed by atoms with van der Waals surface area (Å²) in [5.41, 5.74) is 0.459. The molecule has 0 aromatic heterocycles. The zero-order chi connectivity index (χ0) is 13.4. The molecule has 0 heterocycles. The zero-order valence-electron chi connectivity index (χ0n) is 10.1. The van der Waals surface area contributed by atoms with Gasteiger partial charge in [0.2, 0.25) is 0 Å². The number of fused-ring (bicyclic) bond motifs is 2. The SMILES string of the molecule is O=C(O)C(O)c1c2ccccc2cc2ccccc12. The smallest absolute Gasteiger partial charge is 0.337 e. The highest BCUT2D eigenvalue weighted by Crippen LogP contribution is 2.32. The maximum absolute atomic E-state index is 11.1. The first-order valence-electron chi connectivity index (χ1n) is 6.00. The molecule has 3 nitrogen and oxygen atoms in total. The third kappa shape index (κ3) is 1.84. The monoisotopic (exact) mass is 252 g/mol. The molecular formula is C16H12O3. The van der Waals surface area contributed by atoms with Gasteiger partial charge in [-0.05, 0) is 27.6 Å². The molecular weight excluding hydrogens is 240 g/mol. The molecule has 0 amide bonds. The van der Waals surface area contributed by atoms with Crippen molar-refractivity contribution in [3.8, 4) is 0 Å². The van der Waals surface area contributed by atoms with E-state index in [4.69, 9.17) is 5.11 Å². The summed E-state index contributed by atoms with van der Waals surface area (Å²) in [5, 5.41) is 22.5. The first-order chi connectivity index (χ1) is 9.18. The van der Waals surface area contributed by atoms with Gasteiger partial charge in [-0.1, -0.05) is 48.5 Å². The van der Waals surface area contributed by atoms with E-state index in [9.17, 15) is 9.90 Å². The molecule has 0 bridgehead atoms. The predicted molar refractivity (Wildman–Crippen MR) is 74.0 cm³/mol. The van der Waals surface area contributed by atoms with Crippen molar-refractivity contribution in [1.29, 1.82) is 0 Å². The van der Waals surface area contributed by atoms with Crippen LogP contribution in [0.25, 0.3) is 21.5 Å². The molecule has 1 unspecified atom stereocenters. The van der Waals surface area contributed by atoms with E-state index in [1.165, 1.54) is 0 Å². The van der Waals surface area contributed by atoms with Crippen LogP contribution in [0.15, 0.2) is 54.6 Å². The van der Waals surface area contributed by atoms with Crippen molar-refractivity contribution in [2.24, 2.45) is 0 Å². The third-order valence-corrected chi connectivity index (χ3v) is 3.32. The summed E-state index contributed by atoms with van der Waals surface area (Å²) in [4.78, 5) is 11.1. The van der Waals surface area contributed by atoms with Crippen molar-refractivity contribution in [1.82, 2.24) is 0 Å². The summed E-state index contributed by atoms with van der Waals surface area (Å²) < 4.78 is 0. The van der Waals surface area contributed by atoms with E-state index >= 15 is 0 Å². The molecule has 0 spiro atoms. The largest absolute Gasteiger partial charge is 0.479 e. The molecule has 0 saturated carbocycles. The normalized spacial score (nSPS) is 12.7. The van der Waals surface area contributed by atoms with E-state index in [2.05, 4.69) is 0 Å². The van der Waals surface area contributed by atoms with Crippen LogP contribution in [0.4, 0.5) is 0 Å². The number of carboxylic acids is 1. The maximum Gasteiger partial charge on any atom is 0.337 e. The van der Waals surface area contributed by atoms with E-state index < -0.39 is 12.1 Å². The molecule has 94 valence electrons. The number of rotatable bonds is 2. The number of carboxylic acid groups (broad SMARTS) is 1. The van der Waals surface area contributed by atoms with Gasteiger partial charge in [-0.15, -0.1) is 0 Å². The highest BCUT2D eigenvalue weighted by atomic mass is 16.4. The fourth-order valence-electron chi connectivity index (χ4n) is 2.47. The van der Waals surface area contributed by atoms with Gasteiger partial charge in [-0.3, -0.25) is 0 Å². The molecule has 3 rings (SSSR count). The number of aliphatic hydroxyl groups is 1. The van der Waals surface area contributed by atoms with Gasteiger partial charge in [0.25, 0.3) is 0 Å². The molecule has 0 aliphatic heterocycles.